The van der Waals surface area contributed by atoms with Gasteiger partial charge >= 0.3 is 0 Å². The minimum absolute atomic E-state index is 0.821. The minimum Gasteiger partial charge on any atom is -0.257 e. The maximum Gasteiger partial charge on any atom is 0.0632 e. The largest absolute Gasteiger partial charge is 0.257 e. The molecule has 0 aromatic carbocycles. The maximum absolute atomic E-state index is 4.79. The molecule has 0 saturated heterocycles. The average Bonchev–Trinajstić information content (AvgIpc) is 1.61. The van der Waals surface area contributed by atoms with E-state index in [1.807, 2.05) is 0 Å². The Bertz CT molecular complexity index is 19.5. The van der Waals surface area contributed by atoms with Gasteiger partial charge in [0.05, 0.1) is 4.55 Å². The molecule has 0 fully saturated rings. The Labute approximate surface area is 49.9 Å². The number of hydrogen-bond donors (Lipinski definition) is 4. The van der Waals surface area contributed by atoms with Crippen LogP contribution < -0.4 is 22.3 Å². The van der Waals surface area contributed by atoms with Crippen molar-refractivity contribution in [2.45, 2.75) is 0 Å². The fraction of sp³-hybridized carbons (Fsp3) is 1.00. The Balaban J connectivity index is 2.34. The average molecular weight is 202 g/mol. The third-order valence-corrected chi connectivity index (χ3v) is 0.609. The Morgan fingerprint density at radius 1 is 1.67 bits per heavy atom. The number of hydrazine groups is 3. The van der Waals surface area contributed by atoms with Crippen molar-refractivity contribution in [3.63, 3.8) is 0 Å². The molecular weight excluding hydrogens is 195 g/mol. The summed E-state index contributed by atoms with van der Waals surface area (Å²) in [5, 5.41) is 0. The molecule has 0 saturated carbocycles. The molecule has 0 amide bonds. The van der Waals surface area contributed by atoms with Crippen molar-refractivity contribution in [1.29, 1.82) is 0 Å². The first kappa shape index (κ1) is 6.57. The lowest BCUT2D eigenvalue weighted by atomic mass is 11.5. The van der Waals surface area contributed by atoms with Gasteiger partial charge in [0.1, 0.15) is 0 Å². The number of rotatable bonds is 3. The van der Waals surface area contributed by atoms with Crippen LogP contribution in [-0.4, -0.2) is 4.55 Å². The summed E-state index contributed by atoms with van der Waals surface area (Å²) in [6.07, 6.45) is 0. The predicted octanol–water partition coefficient (Wildman–Crippen LogP) is -1.15. The van der Waals surface area contributed by atoms with Crippen LogP contribution >= 0.6 is 22.6 Å². The maximum atomic E-state index is 4.79. The van der Waals surface area contributed by atoms with Crippen molar-refractivity contribution < 1.29 is 0 Å². The van der Waals surface area contributed by atoms with Crippen LogP contribution in [0.3, 0.4) is 0 Å². The Morgan fingerprint density at radius 3 is 2.50 bits per heavy atom. The predicted molar refractivity (Wildman–Crippen MR) is 32.5 cm³/mol. The standard InChI is InChI=1S/CH7IN4/c2-1-4-6-5-3/h4-6H,1,3H2. The molecule has 4 nitrogen and oxygen atoms in total. The Kier molecular flexibility index (Phi) is 6.10. The van der Waals surface area contributed by atoms with Crippen LogP contribution in [0.4, 0.5) is 0 Å². The second-order valence-corrected chi connectivity index (χ2v) is 1.34. The molecule has 0 aromatic rings. The molecule has 0 atom stereocenters. The van der Waals surface area contributed by atoms with Crippen LogP contribution in [0.2, 0.25) is 0 Å². The topological polar surface area (TPSA) is 62.1 Å². The molecular formula is CH7IN4. The summed E-state index contributed by atoms with van der Waals surface area (Å²) in [7, 11) is 0. The summed E-state index contributed by atoms with van der Waals surface area (Å²) >= 11 is 2.14. The molecule has 6 heavy (non-hydrogen) atoms. The summed E-state index contributed by atoms with van der Waals surface area (Å²) in [6, 6.07) is 0. The zero-order valence-electron chi connectivity index (χ0n) is 3.16. The van der Waals surface area contributed by atoms with Crippen LogP contribution in [0, 0.1) is 0 Å². The summed E-state index contributed by atoms with van der Waals surface area (Å²) in [4.78, 5) is 0. The zero-order chi connectivity index (χ0) is 4.83. The fourth-order valence-electron chi connectivity index (χ4n) is 0.0844. The van der Waals surface area contributed by atoms with Gasteiger partial charge in [0.2, 0.25) is 0 Å². The van der Waals surface area contributed by atoms with E-state index in [0.717, 1.165) is 4.55 Å². The molecule has 0 heterocycles. The highest BCUT2D eigenvalue weighted by molar-refractivity contribution is 14.1. The molecule has 0 radical (unpaired) electrons. The number of nitrogens with one attached hydrogen (secondary N) is 3. The molecule has 38 valence electrons. The van der Waals surface area contributed by atoms with E-state index in [1.54, 1.807) is 0 Å². The second-order valence-electron chi connectivity index (χ2n) is 0.580. The molecule has 5 heteroatoms. The summed E-state index contributed by atoms with van der Waals surface area (Å²) in [6.45, 7) is 0. The van der Waals surface area contributed by atoms with E-state index < -0.39 is 0 Å². The highest BCUT2D eigenvalue weighted by atomic mass is 127. The molecule has 5 N–H and O–H groups in total. The van der Waals surface area contributed by atoms with Gasteiger partial charge in [0, 0.05) is 0 Å². The van der Waals surface area contributed by atoms with Crippen LogP contribution in [0.25, 0.3) is 0 Å². The van der Waals surface area contributed by atoms with Crippen molar-refractivity contribution in [1.82, 2.24) is 16.5 Å². The Hall–Kier alpha value is 0.570. The lowest BCUT2D eigenvalue weighted by molar-refractivity contribution is 0.481. The Morgan fingerprint density at radius 2 is 2.33 bits per heavy atom. The van der Waals surface area contributed by atoms with Crippen LogP contribution in [0.15, 0.2) is 0 Å². The first-order valence-corrected chi connectivity index (χ1v) is 2.94. The van der Waals surface area contributed by atoms with Crippen LogP contribution in [0.5, 0.6) is 0 Å². The van der Waals surface area contributed by atoms with Gasteiger partial charge < -0.3 is 0 Å². The zero-order valence-corrected chi connectivity index (χ0v) is 5.32. The van der Waals surface area contributed by atoms with E-state index in [0.29, 0.717) is 0 Å². The normalized spacial score (nSPS) is 9.00. The summed E-state index contributed by atoms with van der Waals surface area (Å²) in [5.74, 6) is 4.79. The third kappa shape index (κ3) is 4.57. The quantitative estimate of drug-likeness (QED) is 0.116. The fourth-order valence-corrected chi connectivity index (χ4v) is 0.275. The molecule has 0 rings (SSSR count). The third-order valence-electron chi connectivity index (χ3n) is 0.227. The van der Waals surface area contributed by atoms with Gasteiger partial charge in [0.15, 0.2) is 0 Å². The molecule has 0 aliphatic carbocycles. The van der Waals surface area contributed by atoms with Gasteiger partial charge in [-0.2, -0.15) is 11.1 Å². The first-order chi connectivity index (χ1) is 2.91. The monoisotopic (exact) mass is 202 g/mol. The van der Waals surface area contributed by atoms with Gasteiger partial charge in [-0.05, 0) is 0 Å². The number of nitrogens with two attached hydrogens (primary N) is 1. The van der Waals surface area contributed by atoms with E-state index in [1.165, 1.54) is 0 Å². The van der Waals surface area contributed by atoms with Crippen molar-refractivity contribution in [2.24, 2.45) is 5.84 Å². The van der Waals surface area contributed by atoms with Gasteiger partial charge in [-0.15, -0.1) is 0 Å². The van der Waals surface area contributed by atoms with Crippen LogP contribution in [-0.2, 0) is 0 Å². The highest BCUT2D eigenvalue weighted by Crippen LogP contribution is 1.65. The van der Waals surface area contributed by atoms with E-state index in [-0.39, 0.29) is 0 Å². The SMILES string of the molecule is NNNNCI. The van der Waals surface area contributed by atoms with Crippen molar-refractivity contribution in [3.05, 3.63) is 0 Å². The highest BCUT2D eigenvalue weighted by Gasteiger charge is 1.67. The molecule has 0 aliphatic rings. The number of alkyl halides is 1. The first-order valence-electron chi connectivity index (χ1n) is 1.41. The van der Waals surface area contributed by atoms with Crippen molar-refractivity contribution in [2.75, 3.05) is 4.55 Å². The van der Waals surface area contributed by atoms with Crippen LogP contribution in [0.1, 0.15) is 0 Å². The van der Waals surface area contributed by atoms with E-state index in [4.69, 9.17) is 5.84 Å². The molecule has 0 unspecified atom stereocenters. The minimum atomic E-state index is 0.821. The van der Waals surface area contributed by atoms with Gasteiger partial charge in [-0.3, -0.25) is 5.84 Å². The summed E-state index contributed by atoms with van der Waals surface area (Å²) in [5.41, 5.74) is 7.37. The lowest BCUT2D eigenvalue weighted by Crippen LogP contribution is -2.46. The van der Waals surface area contributed by atoms with Gasteiger partial charge in [-0.1, -0.05) is 22.6 Å². The van der Waals surface area contributed by atoms with E-state index in [2.05, 4.69) is 39.1 Å². The van der Waals surface area contributed by atoms with E-state index in [9.17, 15) is 0 Å². The molecule has 0 aliphatic heterocycles. The molecule has 0 spiro atoms. The van der Waals surface area contributed by atoms with E-state index >= 15 is 0 Å². The number of hydrogen-bond acceptors (Lipinski definition) is 4. The smallest absolute Gasteiger partial charge is 0.0632 e. The van der Waals surface area contributed by atoms with Crippen molar-refractivity contribution >= 4 is 22.6 Å². The molecule has 0 bridgehead atoms. The number of halogens is 1. The van der Waals surface area contributed by atoms with Gasteiger partial charge in [-0.25, -0.2) is 5.43 Å². The lowest BCUT2D eigenvalue weighted by Gasteiger charge is -1.96. The second kappa shape index (κ2) is 5.57. The van der Waals surface area contributed by atoms with Gasteiger partial charge in [0.25, 0.3) is 0 Å². The van der Waals surface area contributed by atoms with Crippen molar-refractivity contribution in [3.8, 4) is 0 Å². The molecule has 0 aromatic heterocycles. The summed E-state index contributed by atoms with van der Waals surface area (Å²) < 4.78 is 0.821.